The molecule has 1 aliphatic carbocycles. The van der Waals surface area contributed by atoms with Gasteiger partial charge in [-0.2, -0.15) is 0 Å². The highest BCUT2D eigenvalue weighted by Gasteiger charge is 2.54. The molecule has 0 bridgehead atoms. The quantitative estimate of drug-likeness (QED) is 0.560. The molecule has 0 aromatic rings. The minimum absolute atomic E-state index is 0.106. The number of esters is 1. The van der Waals surface area contributed by atoms with Crippen LogP contribution in [0.1, 0.15) is 46.0 Å². The molecule has 0 aromatic carbocycles. The standard InChI is InChI=1S/C11H18O3/c1-10(2)9(12)13-8-14-11(10)6-4-3-5-7-11/h3-8H2,1-2H3. The number of cyclic esters (lactones) is 1. The van der Waals surface area contributed by atoms with Crippen molar-refractivity contribution in [3.05, 3.63) is 0 Å². The number of carbonyl (C=O) groups is 1. The van der Waals surface area contributed by atoms with Crippen molar-refractivity contribution < 1.29 is 14.3 Å². The summed E-state index contributed by atoms with van der Waals surface area (Å²) in [6, 6.07) is 0. The number of carbonyl (C=O) groups excluding carboxylic acids is 1. The first-order valence-corrected chi connectivity index (χ1v) is 5.40. The summed E-state index contributed by atoms with van der Waals surface area (Å²) in [5.74, 6) is -0.106. The van der Waals surface area contributed by atoms with E-state index in [1.807, 2.05) is 13.8 Å². The number of rotatable bonds is 0. The second-order valence-corrected chi connectivity index (χ2v) is 4.87. The normalized spacial score (nSPS) is 30.0. The summed E-state index contributed by atoms with van der Waals surface area (Å²) in [7, 11) is 0. The zero-order valence-corrected chi connectivity index (χ0v) is 8.97. The van der Waals surface area contributed by atoms with Crippen LogP contribution < -0.4 is 0 Å². The van der Waals surface area contributed by atoms with Crippen molar-refractivity contribution in [2.24, 2.45) is 5.41 Å². The maximum Gasteiger partial charge on any atom is 0.316 e. The van der Waals surface area contributed by atoms with Crippen molar-refractivity contribution >= 4 is 5.97 Å². The first-order chi connectivity index (χ1) is 6.58. The predicted molar refractivity (Wildman–Crippen MR) is 51.6 cm³/mol. The molecular weight excluding hydrogens is 180 g/mol. The maximum atomic E-state index is 11.7. The van der Waals surface area contributed by atoms with Crippen LogP contribution in [-0.4, -0.2) is 18.4 Å². The Balaban J connectivity index is 2.26. The Bertz CT molecular complexity index is 233. The van der Waals surface area contributed by atoms with E-state index in [1.165, 1.54) is 6.42 Å². The van der Waals surface area contributed by atoms with Crippen molar-refractivity contribution in [2.45, 2.75) is 51.6 Å². The third kappa shape index (κ3) is 1.26. The highest BCUT2D eigenvalue weighted by atomic mass is 16.7. The van der Waals surface area contributed by atoms with Crippen LogP contribution >= 0.6 is 0 Å². The van der Waals surface area contributed by atoms with E-state index in [1.54, 1.807) is 0 Å². The van der Waals surface area contributed by atoms with Gasteiger partial charge in [0.1, 0.15) is 0 Å². The zero-order chi connectivity index (χ0) is 10.2. The van der Waals surface area contributed by atoms with Crippen molar-refractivity contribution in [2.75, 3.05) is 6.79 Å². The third-order valence-electron chi connectivity index (χ3n) is 3.84. The lowest BCUT2D eigenvalue weighted by Gasteiger charge is -2.49. The van der Waals surface area contributed by atoms with Gasteiger partial charge in [-0.05, 0) is 26.7 Å². The van der Waals surface area contributed by atoms with Gasteiger partial charge in [-0.25, -0.2) is 0 Å². The summed E-state index contributed by atoms with van der Waals surface area (Å²) in [5, 5.41) is 0. The Morgan fingerprint density at radius 2 is 1.79 bits per heavy atom. The number of ether oxygens (including phenoxy) is 2. The van der Waals surface area contributed by atoms with Crippen LogP contribution in [0.15, 0.2) is 0 Å². The molecule has 1 spiro atoms. The molecule has 0 aromatic heterocycles. The Labute approximate surface area is 84.8 Å². The number of hydrogen-bond acceptors (Lipinski definition) is 3. The summed E-state index contributed by atoms with van der Waals surface area (Å²) in [4.78, 5) is 11.7. The van der Waals surface area contributed by atoms with Crippen LogP contribution in [0.25, 0.3) is 0 Å². The second kappa shape index (κ2) is 3.23. The second-order valence-electron chi connectivity index (χ2n) is 4.87. The Kier molecular flexibility index (Phi) is 2.30. The molecular formula is C11H18O3. The lowest BCUT2D eigenvalue weighted by Crippen LogP contribution is -2.57. The minimum Gasteiger partial charge on any atom is -0.438 e. The number of hydrogen-bond donors (Lipinski definition) is 0. The van der Waals surface area contributed by atoms with Crippen LogP contribution in [0.4, 0.5) is 0 Å². The molecule has 0 atom stereocenters. The van der Waals surface area contributed by atoms with E-state index in [0.29, 0.717) is 0 Å². The molecule has 14 heavy (non-hydrogen) atoms. The predicted octanol–water partition coefficient (Wildman–Crippen LogP) is 2.25. The topological polar surface area (TPSA) is 35.5 Å². The third-order valence-corrected chi connectivity index (χ3v) is 3.84. The molecule has 3 heteroatoms. The monoisotopic (exact) mass is 198 g/mol. The lowest BCUT2D eigenvalue weighted by atomic mass is 9.66. The van der Waals surface area contributed by atoms with E-state index in [4.69, 9.17) is 9.47 Å². The molecule has 80 valence electrons. The van der Waals surface area contributed by atoms with Gasteiger partial charge >= 0.3 is 5.97 Å². The largest absolute Gasteiger partial charge is 0.438 e. The molecule has 0 radical (unpaired) electrons. The summed E-state index contributed by atoms with van der Waals surface area (Å²) in [6.45, 7) is 4.03. The highest BCUT2D eigenvalue weighted by Crippen LogP contribution is 2.47. The highest BCUT2D eigenvalue weighted by molar-refractivity contribution is 5.78. The Morgan fingerprint density at radius 3 is 2.43 bits per heavy atom. The fraction of sp³-hybridized carbons (Fsp3) is 0.909. The zero-order valence-electron chi connectivity index (χ0n) is 8.97. The molecule has 1 heterocycles. The summed E-state index contributed by atoms with van der Waals surface area (Å²) in [5.41, 5.74) is -0.730. The summed E-state index contributed by atoms with van der Waals surface area (Å²) < 4.78 is 10.7. The smallest absolute Gasteiger partial charge is 0.316 e. The molecule has 0 N–H and O–H groups in total. The summed E-state index contributed by atoms with van der Waals surface area (Å²) >= 11 is 0. The van der Waals surface area contributed by atoms with Crippen LogP contribution in [0.5, 0.6) is 0 Å². The van der Waals surface area contributed by atoms with Gasteiger partial charge in [0.05, 0.1) is 11.0 Å². The minimum atomic E-state index is -0.480. The first-order valence-electron chi connectivity index (χ1n) is 5.40. The van der Waals surface area contributed by atoms with Crippen molar-refractivity contribution in [3.8, 4) is 0 Å². The van der Waals surface area contributed by atoms with E-state index in [-0.39, 0.29) is 18.4 Å². The van der Waals surface area contributed by atoms with Gasteiger partial charge in [0.2, 0.25) is 0 Å². The van der Waals surface area contributed by atoms with Gasteiger partial charge in [-0.15, -0.1) is 0 Å². The summed E-state index contributed by atoms with van der Waals surface area (Å²) in [6.07, 6.45) is 5.58. The van der Waals surface area contributed by atoms with E-state index >= 15 is 0 Å². The van der Waals surface area contributed by atoms with Crippen molar-refractivity contribution in [1.29, 1.82) is 0 Å². The SMILES string of the molecule is CC1(C)C(=O)OCOC12CCCCC2. The Hall–Kier alpha value is -0.570. The van der Waals surface area contributed by atoms with Crippen LogP contribution in [0, 0.1) is 5.41 Å². The Morgan fingerprint density at radius 1 is 1.14 bits per heavy atom. The molecule has 2 fully saturated rings. The molecule has 3 nitrogen and oxygen atoms in total. The van der Waals surface area contributed by atoms with Gasteiger partial charge in [-0.3, -0.25) is 4.79 Å². The van der Waals surface area contributed by atoms with Gasteiger partial charge in [0.15, 0.2) is 6.79 Å². The molecule has 1 aliphatic heterocycles. The van der Waals surface area contributed by atoms with Gasteiger partial charge in [-0.1, -0.05) is 19.3 Å². The van der Waals surface area contributed by atoms with E-state index in [0.717, 1.165) is 25.7 Å². The molecule has 1 saturated heterocycles. The van der Waals surface area contributed by atoms with Gasteiger partial charge < -0.3 is 9.47 Å². The molecule has 1 saturated carbocycles. The molecule has 2 aliphatic rings. The van der Waals surface area contributed by atoms with E-state index in [9.17, 15) is 4.79 Å². The first kappa shape index (κ1) is 9.97. The van der Waals surface area contributed by atoms with E-state index in [2.05, 4.69) is 0 Å². The van der Waals surface area contributed by atoms with Crippen molar-refractivity contribution in [1.82, 2.24) is 0 Å². The fourth-order valence-electron chi connectivity index (χ4n) is 2.63. The average Bonchev–Trinajstić information content (AvgIpc) is 2.17. The van der Waals surface area contributed by atoms with Gasteiger partial charge in [0, 0.05) is 0 Å². The van der Waals surface area contributed by atoms with Crippen LogP contribution in [0.3, 0.4) is 0 Å². The van der Waals surface area contributed by atoms with Crippen LogP contribution in [0.2, 0.25) is 0 Å². The van der Waals surface area contributed by atoms with Gasteiger partial charge in [0.25, 0.3) is 0 Å². The average molecular weight is 198 g/mol. The lowest BCUT2D eigenvalue weighted by molar-refractivity contribution is -0.251. The molecule has 0 unspecified atom stereocenters. The molecule has 0 amide bonds. The van der Waals surface area contributed by atoms with Crippen LogP contribution in [-0.2, 0) is 14.3 Å². The fourth-order valence-corrected chi connectivity index (χ4v) is 2.63. The van der Waals surface area contributed by atoms with E-state index < -0.39 is 5.41 Å². The van der Waals surface area contributed by atoms with Crippen molar-refractivity contribution in [3.63, 3.8) is 0 Å². The molecule has 2 rings (SSSR count). The maximum absolute atomic E-state index is 11.7.